The lowest BCUT2D eigenvalue weighted by molar-refractivity contribution is 0.704. The van der Waals surface area contributed by atoms with E-state index in [-0.39, 0.29) is 0 Å². The molecule has 18 heavy (non-hydrogen) atoms. The fourth-order valence-electron chi connectivity index (χ4n) is 2.04. The van der Waals surface area contributed by atoms with E-state index in [0.29, 0.717) is 0 Å². The van der Waals surface area contributed by atoms with Crippen LogP contribution < -0.4 is 10.2 Å². The summed E-state index contributed by atoms with van der Waals surface area (Å²) in [6.07, 6.45) is 2.45. The highest BCUT2D eigenvalue weighted by molar-refractivity contribution is 6.30. The minimum Gasteiger partial charge on any atom is -0.372 e. The summed E-state index contributed by atoms with van der Waals surface area (Å²) in [5.41, 5.74) is 2.61. The van der Waals surface area contributed by atoms with Crippen molar-refractivity contribution >= 4 is 17.3 Å². The summed E-state index contributed by atoms with van der Waals surface area (Å²) >= 11 is 6.14. The van der Waals surface area contributed by atoms with Crippen LogP contribution >= 0.6 is 11.6 Å². The van der Waals surface area contributed by atoms with Crippen LogP contribution in [0.3, 0.4) is 0 Å². The molecule has 1 aromatic carbocycles. The third-order valence-electron chi connectivity index (χ3n) is 3.12. The van der Waals surface area contributed by atoms with E-state index in [0.717, 1.165) is 31.2 Å². The maximum absolute atomic E-state index is 6.14. The van der Waals surface area contributed by atoms with Crippen molar-refractivity contribution in [1.82, 2.24) is 5.32 Å². The van der Waals surface area contributed by atoms with Crippen LogP contribution in [0, 0.1) is 0 Å². The molecule has 1 aromatic rings. The van der Waals surface area contributed by atoms with Gasteiger partial charge in [-0.1, -0.05) is 37.9 Å². The Morgan fingerprint density at radius 3 is 2.61 bits per heavy atom. The molecule has 0 aliphatic rings. The fraction of sp³-hybridized carbons (Fsp3) is 0.600. The van der Waals surface area contributed by atoms with Crippen LogP contribution in [0.25, 0.3) is 0 Å². The van der Waals surface area contributed by atoms with Crippen LogP contribution in [0.2, 0.25) is 5.02 Å². The highest BCUT2D eigenvalue weighted by atomic mass is 35.5. The Morgan fingerprint density at radius 2 is 2.00 bits per heavy atom. The van der Waals surface area contributed by atoms with Gasteiger partial charge in [0, 0.05) is 30.3 Å². The van der Waals surface area contributed by atoms with Crippen LogP contribution in [0.1, 0.15) is 39.2 Å². The third-order valence-corrected chi connectivity index (χ3v) is 3.35. The van der Waals surface area contributed by atoms with Gasteiger partial charge >= 0.3 is 0 Å². The molecule has 0 radical (unpaired) electrons. The maximum atomic E-state index is 6.14. The molecule has 3 heteroatoms. The highest BCUT2D eigenvalue weighted by Crippen LogP contribution is 2.25. The smallest absolute Gasteiger partial charge is 0.0426 e. The van der Waals surface area contributed by atoms with Crippen molar-refractivity contribution in [2.75, 3.05) is 24.5 Å². The van der Waals surface area contributed by atoms with Gasteiger partial charge in [-0.15, -0.1) is 0 Å². The van der Waals surface area contributed by atoms with Gasteiger partial charge in [0.2, 0.25) is 0 Å². The number of nitrogens with one attached hydrogen (secondary N) is 1. The van der Waals surface area contributed by atoms with Gasteiger partial charge in [-0.3, -0.25) is 0 Å². The Hall–Kier alpha value is -0.730. The lowest BCUT2D eigenvalue weighted by atomic mass is 10.1. The molecule has 0 aliphatic heterocycles. The van der Waals surface area contributed by atoms with Crippen molar-refractivity contribution in [2.24, 2.45) is 0 Å². The average Bonchev–Trinajstić information content (AvgIpc) is 2.38. The SMILES string of the molecule is CCCCN(CC)c1cc(Cl)ccc1CNCC. The Bertz CT molecular complexity index is 352. The summed E-state index contributed by atoms with van der Waals surface area (Å²) < 4.78 is 0. The zero-order valence-electron chi connectivity index (χ0n) is 11.8. The van der Waals surface area contributed by atoms with Gasteiger partial charge in [0.1, 0.15) is 0 Å². The molecule has 0 aliphatic carbocycles. The van der Waals surface area contributed by atoms with Gasteiger partial charge in [-0.25, -0.2) is 0 Å². The fourth-order valence-corrected chi connectivity index (χ4v) is 2.20. The average molecular weight is 269 g/mol. The second-order valence-electron chi connectivity index (χ2n) is 4.49. The van der Waals surface area contributed by atoms with Crippen LogP contribution in [0.5, 0.6) is 0 Å². The van der Waals surface area contributed by atoms with Crippen molar-refractivity contribution in [3.05, 3.63) is 28.8 Å². The molecule has 0 aromatic heterocycles. The van der Waals surface area contributed by atoms with Gasteiger partial charge in [-0.05, 0) is 37.6 Å². The van der Waals surface area contributed by atoms with Crippen LogP contribution in [0.15, 0.2) is 18.2 Å². The summed E-state index contributed by atoms with van der Waals surface area (Å²) in [4.78, 5) is 2.42. The normalized spacial score (nSPS) is 10.7. The number of anilines is 1. The Balaban J connectivity index is 2.90. The van der Waals surface area contributed by atoms with Gasteiger partial charge in [0.25, 0.3) is 0 Å². The lowest BCUT2D eigenvalue weighted by Crippen LogP contribution is -2.26. The monoisotopic (exact) mass is 268 g/mol. The van der Waals surface area contributed by atoms with E-state index in [2.05, 4.69) is 43.1 Å². The second-order valence-corrected chi connectivity index (χ2v) is 4.92. The molecule has 2 nitrogen and oxygen atoms in total. The predicted molar refractivity (Wildman–Crippen MR) is 81.6 cm³/mol. The van der Waals surface area contributed by atoms with E-state index < -0.39 is 0 Å². The number of hydrogen-bond donors (Lipinski definition) is 1. The summed E-state index contributed by atoms with van der Waals surface area (Å²) in [6, 6.07) is 6.20. The minimum atomic E-state index is 0.820. The molecule has 102 valence electrons. The standard InChI is InChI=1S/C15H25ClN2/c1-4-7-10-18(6-3)15-11-14(16)9-8-13(15)12-17-5-2/h8-9,11,17H,4-7,10,12H2,1-3H3. The number of benzene rings is 1. The third kappa shape index (κ3) is 4.51. The Kier molecular flexibility index (Phi) is 7.14. The van der Waals surface area contributed by atoms with E-state index in [4.69, 9.17) is 11.6 Å². The summed E-state index contributed by atoms with van der Waals surface area (Å²) in [5.74, 6) is 0. The maximum Gasteiger partial charge on any atom is 0.0426 e. The summed E-state index contributed by atoms with van der Waals surface area (Å²) in [7, 11) is 0. The van der Waals surface area contributed by atoms with Gasteiger partial charge in [0.15, 0.2) is 0 Å². The first-order valence-electron chi connectivity index (χ1n) is 6.97. The molecule has 1 N–H and O–H groups in total. The van der Waals surface area contributed by atoms with E-state index in [1.807, 2.05) is 6.07 Å². The van der Waals surface area contributed by atoms with Crippen molar-refractivity contribution in [3.63, 3.8) is 0 Å². The molecule has 1 rings (SSSR count). The molecular formula is C15H25ClN2. The zero-order valence-corrected chi connectivity index (χ0v) is 12.6. The number of rotatable bonds is 8. The first-order chi connectivity index (χ1) is 8.72. The molecule has 0 spiro atoms. The molecule has 0 unspecified atom stereocenters. The number of halogens is 1. The highest BCUT2D eigenvalue weighted by Gasteiger charge is 2.09. The van der Waals surface area contributed by atoms with E-state index in [9.17, 15) is 0 Å². The largest absolute Gasteiger partial charge is 0.372 e. The topological polar surface area (TPSA) is 15.3 Å². The first kappa shape index (κ1) is 15.3. The molecule has 0 saturated carbocycles. The quantitative estimate of drug-likeness (QED) is 0.764. The van der Waals surface area contributed by atoms with Crippen molar-refractivity contribution in [3.8, 4) is 0 Å². The first-order valence-corrected chi connectivity index (χ1v) is 7.34. The van der Waals surface area contributed by atoms with Crippen LogP contribution in [0.4, 0.5) is 5.69 Å². The summed E-state index contributed by atoms with van der Waals surface area (Å²) in [5, 5.41) is 4.21. The van der Waals surface area contributed by atoms with Gasteiger partial charge in [-0.2, -0.15) is 0 Å². The van der Waals surface area contributed by atoms with Crippen LogP contribution in [-0.2, 0) is 6.54 Å². The van der Waals surface area contributed by atoms with Gasteiger partial charge < -0.3 is 10.2 Å². The number of unbranched alkanes of at least 4 members (excludes halogenated alkanes) is 1. The molecule has 0 bridgehead atoms. The van der Waals surface area contributed by atoms with Crippen molar-refractivity contribution in [2.45, 2.75) is 40.2 Å². The molecule has 0 amide bonds. The molecule has 0 atom stereocenters. The lowest BCUT2D eigenvalue weighted by Gasteiger charge is -2.26. The van der Waals surface area contributed by atoms with Gasteiger partial charge in [0.05, 0.1) is 0 Å². The Morgan fingerprint density at radius 1 is 1.22 bits per heavy atom. The number of nitrogens with zero attached hydrogens (tertiary/aromatic N) is 1. The molecule has 0 saturated heterocycles. The second kappa shape index (κ2) is 8.39. The van der Waals surface area contributed by atoms with Crippen molar-refractivity contribution < 1.29 is 0 Å². The number of hydrogen-bond acceptors (Lipinski definition) is 2. The van der Waals surface area contributed by atoms with E-state index in [1.165, 1.54) is 24.1 Å². The molecule has 0 heterocycles. The minimum absolute atomic E-state index is 0.820. The Labute approximate surface area is 116 Å². The molecule has 0 fully saturated rings. The van der Waals surface area contributed by atoms with Crippen molar-refractivity contribution in [1.29, 1.82) is 0 Å². The predicted octanol–water partition coefficient (Wildman–Crippen LogP) is 4.08. The zero-order chi connectivity index (χ0) is 13.4. The van der Waals surface area contributed by atoms with E-state index >= 15 is 0 Å². The van der Waals surface area contributed by atoms with Crippen LogP contribution in [-0.4, -0.2) is 19.6 Å². The summed E-state index contributed by atoms with van der Waals surface area (Å²) in [6.45, 7) is 10.6. The van der Waals surface area contributed by atoms with E-state index in [1.54, 1.807) is 0 Å². The molecular weight excluding hydrogens is 244 g/mol.